The SMILES string of the molecule is Nc1cncc(-c2ncc3[nH]nc(-c4nc5c(-c6ccccn6)cncc5[nH]4)c3c2F)c1. The number of hydrogen-bond acceptors (Lipinski definition) is 7. The highest BCUT2D eigenvalue weighted by molar-refractivity contribution is 5.97. The zero-order chi connectivity index (χ0) is 21.7. The van der Waals surface area contributed by atoms with Crippen LogP contribution in [0, 0.1) is 5.82 Å². The van der Waals surface area contributed by atoms with Crippen molar-refractivity contribution in [1.82, 2.24) is 40.1 Å². The molecule has 154 valence electrons. The van der Waals surface area contributed by atoms with E-state index in [1.807, 2.05) is 18.2 Å². The van der Waals surface area contributed by atoms with Gasteiger partial charge in [0.25, 0.3) is 0 Å². The summed E-state index contributed by atoms with van der Waals surface area (Å²) in [5.74, 6) is -0.139. The average molecular weight is 423 g/mol. The number of nitrogens with one attached hydrogen (secondary N) is 2. The van der Waals surface area contributed by atoms with Crippen molar-refractivity contribution in [3.8, 4) is 34.0 Å². The molecule has 0 aliphatic carbocycles. The number of halogens is 1. The largest absolute Gasteiger partial charge is 0.397 e. The van der Waals surface area contributed by atoms with Gasteiger partial charge in [-0.1, -0.05) is 6.07 Å². The highest BCUT2D eigenvalue weighted by Gasteiger charge is 2.21. The van der Waals surface area contributed by atoms with Crippen LogP contribution in [0.25, 0.3) is 56.0 Å². The lowest BCUT2D eigenvalue weighted by atomic mass is 10.1. The van der Waals surface area contributed by atoms with Gasteiger partial charge < -0.3 is 10.7 Å². The molecule has 0 aromatic carbocycles. The van der Waals surface area contributed by atoms with Gasteiger partial charge >= 0.3 is 0 Å². The maximum absolute atomic E-state index is 15.6. The van der Waals surface area contributed by atoms with E-state index >= 15 is 4.39 Å². The van der Waals surface area contributed by atoms with Crippen molar-refractivity contribution in [3.63, 3.8) is 0 Å². The normalized spacial score (nSPS) is 11.4. The summed E-state index contributed by atoms with van der Waals surface area (Å²) in [4.78, 5) is 24.8. The molecule has 0 radical (unpaired) electrons. The maximum atomic E-state index is 15.6. The van der Waals surface area contributed by atoms with Crippen LogP contribution in [-0.2, 0) is 0 Å². The number of hydrogen-bond donors (Lipinski definition) is 3. The minimum Gasteiger partial charge on any atom is -0.397 e. The van der Waals surface area contributed by atoms with Crippen molar-refractivity contribution in [3.05, 3.63) is 67.3 Å². The molecule has 0 saturated carbocycles. The summed E-state index contributed by atoms with van der Waals surface area (Å²) in [7, 11) is 0. The number of nitrogens with zero attached hydrogens (tertiary/aromatic N) is 6. The average Bonchev–Trinajstić information content (AvgIpc) is 3.44. The molecule has 0 atom stereocenters. The van der Waals surface area contributed by atoms with Crippen LogP contribution in [0.4, 0.5) is 10.1 Å². The number of rotatable bonds is 3. The quantitative estimate of drug-likeness (QED) is 0.394. The Hall–Kier alpha value is -4.73. The molecule has 0 amide bonds. The van der Waals surface area contributed by atoms with Crippen LogP contribution >= 0.6 is 0 Å². The number of fused-ring (bicyclic) bond motifs is 2. The number of pyridine rings is 4. The molecule has 6 rings (SSSR count). The number of anilines is 1. The summed E-state index contributed by atoms with van der Waals surface area (Å²) >= 11 is 0. The van der Waals surface area contributed by atoms with Crippen LogP contribution in [0.15, 0.2) is 61.4 Å². The van der Waals surface area contributed by atoms with Gasteiger partial charge in [-0.15, -0.1) is 0 Å². The molecule has 0 aliphatic heterocycles. The molecule has 0 fully saturated rings. The highest BCUT2D eigenvalue weighted by Crippen LogP contribution is 2.33. The van der Waals surface area contributed by atoms with E-state index < -0.39 is 5.82 Å². The lowest BCUT2D eigenvalue weighted by Gasteiger charge is -2.04. The summed E-state index contributed by atoms with van der Waals surface area (Å²) in [6.45, 7) is 0. The van der Waals surface area contributed by atoms with E-state index in [9.17, 15) is 0 Å². The minimum atomic E-state index is -0.540. The van der Waals surface area contributed by atoms with Gasteiger partial charge in [0.2, 0.25) is 0 Å². The molecule has 0 spiro atoms. The van der Waals surface area contributed by atoms with E-state index in [0.717, 1.165) is 11.3 Å². The third-order valence-electron chi connectivity index (χ3n) is 5.14. The molecule has 9 nitrogen and oxygen atoms in total. The van der Waals surface area contributed by atoms with E-state index in [0.29, 0.717) is 39.3 Å². The molecule has 10 heteroatoms. The van der Waals surface area contributed by atoms with Gasteiger partial charge in [0.1, 0.15) is 16.9 Å². The summed E-state index contributed by atoms with van der Waals surface area (Å²) in [6.07, 6.45) is 9.60. The molecule has 6 heterocycles. The highest BCUT2D eigenvalue weighted by atomic mass is 19.1. The first-order valence-corrected chi connectivity index (χ1v) is 9.68. The van der Waals surface area contributed by atoms with Crippen molar-refractivity contribution in [2.45, 2.75) is 0 Å². The van der Waals surface area contributed by atoms with Gasteiger partial charge in [0.15, 0.2) is 11.6 Å². The Labute approximate surface area is 179 Å². The Morgan fingerprint density at radius 3 is 2.66 bits per heavy atom. The van der Waals surface area contributed by atoms with Gasteiger partial charge in [-0.3, -0.25) is 25.0 Å². The Morgan fingerprint density at radius 1 is 0.906 bits per heavy atom. The molecule has 4 N–H and O–H groups in total. The number of nitrogens with two attached hydrogens (primary N) is 1. The first kappa shape index (κ1) is 18.1. The van der Waals surface area contributed by atoms with E-state index in [1.54, 1.807) is 24.7 Å². The third kappa shape index (κ3) is 2.77. The predicted molar refractivity (Wildman–Crippen MR) is 118 cm³/mol. The lowest BCUT2D eigenvalue weighted by Crippen LogP contribution is -1.94. The first-order valence-electron chi connectivity index (χ1n) is 9.68. The fraction of sp³-hybridized carbons (Fsp3) is 0. The predicted octanol–water partition coefficient (Wildman–Crippen LogP) is 3.74. The maximum Gasteiger partial charge on any atom is 0.161 e. The van der Waals surface area contributed by atoms with Crippen LogP contribution in [0.5, 0.6) is 0 Å². The molecule has 6 aromatic rings. The Kier molecular flexibility index (Phi) is 3.90. The van der Waals surface area contributed by atoms with Crippen molar-refractivity contribution in [2.24, 2.45) is 0 Å². The Morgan fingerprint density at radius 2 is 1.81 bits per heavy atom. The zero-order valence-corrected chi connectivity index (χ0v) is 16.4. The molecule has 32 heavy (non-hydrogen) atoms. The lowest BCUT2D eigenvalue weighted by molar-refractivity contribution is 0.638. The fourth-order valence-electron chi connectivity index (χ4n) is 3.69. The molecular weight excluding hydrogens is 409 g/mol. The van der Waals surface area contributed by atoms with Gasteiger partial charge in [0.05, 0.1) is 40.2 Å². The van der Waals surface area contributed by atoms with Crippen LogP contribution in [-0.4, -0.2) is 40.1 Å². The summed E-state index contributed by atoms with van der Waals surface area (Å²) in [6, 6.07) is 7.24. The van der Waals surface area contributed by atoms with E-state index in [4.69, 9.17) is 10.7 Å². The van der Waals surface area contributed by atoms with Gasteiger partial charge in [-0.05, 0) is 18.2 Å². The van der Waals surface area contributed by atoms with Crippen molar-refractivity contribution in [2.75, 3.05) is 5.73 Å². The van der Waals surface area contributed by atoms with Crippen molar-refractivity contribution >= 4 is 27.6 Å². The standard InChI is InChI=1S/C22H14FN9/c23-18-17-15(10-28-19(18)11-5-12(24)7-25-6-11)31-32-21(17)22-29-16-9-26-8-13(20(16)30-22)14-3-1-2-4-27-14/h1-10H,24H2,(H,29,30)(H,31,32). The van der Waals surface area contributed by atoms with Crippen molar-refractivity contribution < 1.29 is 4.39 Å². The summed E-state index contributed by atoms with van der Waals surface area (Å²) in [5, 5.41) is 7.40. The first-order chi connectivity index (χ1) is 15.7. The second kappa shape index (κ2) is 6.91. The van der Waals surface area contributed by atoms with E-state index in [1.165, 1.54) is 18.6 Å². The topological polar surface area (TPSA) is 135 Å². The fourth-order valence-corrected chi connectivity index (χ4v) is 3.69. The van der Waals surface area contributed by atoms with Crippen molar-refractivity contribution in [1.29, 1.82) is 0 Å². The van der Waals surface area contributed by atoms with Crippen LogP contribution in [0.3, 0.4) is 0 Å². The molecule has 0 unspecified atom stereocenters. The molecular formula is C22H14FN9. The van der Waals surface area contributed by atoms with E-state index in [-0.39, 0.29) is 11.1 Å². The number of nitrogen functional groups attached to an aromatic ring is 1. The van der Waals surface area contributed by atoms with Gasteiger partial charge in [-0.25, -0.2) is 9.37 Å². The van der Waals surface area contributed by atoms with Crippen LogP contribution < -0.4 is 5.73 Å². The number of aromatic nitrogens is 8. The summed E-state index contributed by atoms with van der Waals surface area (Å²) < 4.78 is 15.6. The van der Waals surface area contributed by atoms with E-state index in [2.05, 4.69) is 35.1 Å². The Bertz CT molecular complexity index is 1600. The number of aromatic amines is 2. The van der Waals surface area contributed by atoms with Crippen LogP contribution in [0.2, 0.25) is 0 Å². The van der Waals surface area contributed by atoms with Gasteiger partial charge in [-0.2, -0.15) is 5.10 Å². The molecule has 0 aliphatic rings. The van der Waals surface area contributed by atoms with Gasteiger partial charge in [0, 0.05) is 35.9 Å². The number of H-pyrrole nitrogens is 2. The number of imidazole rings is 1. The molecule has 0 saturated heterocycles. The van der Waals surface area contributed by atoms with Crippen LogP contribution in [0.1, 0.15) is 0 Å². The monoisotopic (exact) mass is 423 g/mol. The Balaban J connectivity index is 1.55. The minimum absolute atomic E-state index is 0.131. The molecule has 0 bridgehead atoms. The smallest absolute Gasteiger partial charge is 0.161 e. The second-order valence-electron chi connectivity index (χ2n) is 7.17. The zero-order valence-electron chi connectivity index (χ0n) is 16.4. The second-order valence-corrected chi connectivity index (χ2v) is 7.17. The third-order valence-corrected chi connectivity index (χ3v) is 5.14. The summed E-state index contributed by atoms with van der Waals surface area (Å²) in [5.41, 5.74) is 10.5. The molecule has 6 aromatic heterocycles.